The quantitative estimate of drug-likeness (QED) is 0.728. The van der Waals surface area contributed by atoms with Crippen LogP contribution in [0.2, 0.25) is 0 Å². The van der Waals surface area contributed by atoms with E-state index < -0.39 is 11.5 Å². The van der Waals surface area contributed by atoms with Crippen LogP contribution in [0.5, 0.6) is 0 Å². The van der Waals surface area contributed by atoms with Gasteiger partial charge in [-0.25, -0.2) is 4.79 Å². The summed E-state index contributed by atoms with van der Waals surface area (Å²) in [5.41, 5.74) is 1.13. The largest absolute Gasteiger partial charge is 0.444 e. The molecule has 0 N–H and O–H groups in total. The highest BCUT2D eigenvalue weighted by molar-refractivity contribution is 5.69. The highest BCUT2D eigenvalue weighted by Gasteiger charge is 2.36. The third-order valence-electron chi connectivity index (χ3n) is 3.28. The zero-order valence-corrected chi connectivity index (χ0v) is 12.3. The van der Waals surface area contributed by atoms with Crippen LogP contribution in [0, 0.1) is 11.3 Å². The first-order valence-electron chi connectivity index (χ1n) is 6.67. The summed E-state index contributed by atoms with van der Waals surface area (Å²) in [4.78, 5) is 18.2. The van der Waals surface area contributed by atoms with Crippen LogP contribution in [0.15, 0.2) is 18.3 Å². The van der Waals surface area contributed by atoms with Gasteiger partial charge in [0.2, 0.25) is 0 Å². The van der Waals surface area contributed by atoms with Gasteiger partial charge in [0, 0.05) is 12.7 Å². The fraction of sp³-hybridized carbons (Fsp3) is 0.533. The van der Waals surface area contributed by atoms with Crippen LogP contribution in [-0.2, 0) is 4.74 Å². The maximum Gasteiger partial charge on any atom is 0.410 e. The smallest absolute Gasteiger partial charge is 0.410 e. The third-order valence-corrected chi connectivity index (χ3v) is 3.28. The first-order chi connectivity index (χ1) is 9.33. The highest BCUT2D eigenvalue weighted by Crippen LogP contribution is 2.34. The molecule has 2 rings (SSSR count). The molecular formula is C15H19N3O2. The highest BCUT2D eigenvalue weighted by atomic mass is 16.6. The average Bonchev–Trinajstić information content (AvgIpc) is 2.37. The van der Waals surface area contributed by atoms with E-state index in [1.165, 1.54) is 0 Å². The normalized spacial score (nSPS) is 21.9. The first kappa shape index (κ1) is 14.3. The fourth-order valence-electron chi connectivity index (χ4n) is 2.34. The molecule has 0 bridgehead atoms. The Hall–Kier alpha value is -2.09. The molecule has 1 aromatic rings. The van der Waals surface area contributed by atoms with Gasteiger partial charge in [-0.2, -0.15) is 5.26 Å². The average molecular weight is 273 g/mol. The molecule has 0 aliphatic carbocycles. The van der Waals surface area contributed by atoms with Gasteiger partial charge in [-0.15, -0.1) is 0 Å². The van der Waals surface area contributed by atoms with E-state index in [0.29, 0.717) is 6.54 Å². The Morgan fingerprint density at radius 3 is 2.85 bits per heavy atom. The van der Waals surface area contributed by atoms with E-state index in [1.54, 1.807) is 11.1 Å². The van der Waals surface area contributed by atoms with Gasteiger partial charge >= 0.3 is 6.09 Å². The maximum absolute atomic E-state index is 12.3. The Balaban J connectivity index is 2.31. The monoisotopic (exact) mass is 273 g/mol. The zero-order valence-electron chi connectivity index (χ0n) is 12.3. The van der Waals surface area contributed by atoms with Crippen LogP contribution in [0.1, 0.15) is 50.9 Å². The fourth-order valence-corrected chi connectivity index (χ4v) is 2.34. The van der Waals surface area contributed by atoms with Crippen LogP contribution < -0.4 is 0 Å². The summed E-state index contributed by atoms with van der Waals surface area (Å²) in [6.45, 7) is 7.74. The van der Waals surface area contributed by atoms with Crippen molar-refractivity contribution in [2.24, 2.45) is 0 Å². The van der Waals surface area contributed by atoms with Crippen molar-refractivity contribution in [2.45, 2.75) is 45.3 Å². The van der Waals surface area contributed by atoms with Gasteiger partial charge in [0.05, 0.1) is 17.8 Å². The lowest BCUT2D eigenvalue weighted by atomic mass is 9.91. The number of fused-ring (bicyclic) bond motifs is 1. The van der Waals surface area contributed by atoms with E-state index in [2.05, 4.69) is 11.1 Å². The number of amides is 1. The second kappa shape index (κ2) is 5.12. The first-order valence-corrected chi connectivity index (χ1v) is 6.67. The molecule has 5 heteroatoms. The van der Waals surface area contributed by atoms with Crippen molar-refractivity contribution in [3.05, 3.63) is 29.6 Å². The van der Waals surface area contributed by atoms with Crippen LogP contribution >= 0.6 is 0 Å². The second-order valence-corrected chi connectivity index (χ2v) is 5.97. The Morgan fingerprint density at radius 1 is 1.55 bits per heavy atom. The Morgan fingerprint density at radius 2 is 2.25 bits per heavy atom. The number of ether oxygens (including phenoxy) is 1. The Kier molecular flexibility index (Phi) is 3.67. The molecule has 0 saturated heterocycles. The van der Waals surface area contributed by atoms with Crippen LogP contribution in [0.3, 0.4) is 0 Å². The molecule has 2 atom stereocenters. The van der Waals surface area contributed by atoms with Gasteiger partial charge in [0.25, 0.3) is 0 Å². The molecule has 20 heavy (non-hydrogen) atoms. The number of carbonyl (C=O) groups excluding carboxylic acids is 1. The number of hydrogen-bond acceptors (Lipinski definition) is 4. The van der Waals surface area contributed by atoms with E-state index in [0.717, 1.165) is 11.3 Å². The number of rotatable bonds is 0. The van der Waals surface area contributed by atoms with Crippen molar-refractivity contribution < 1.29 is 9.53 Å². The van der Waals surface area contributed by atoms with Gasteiger partial charge in [-0.1, -0.05) is 6.07 Å². The summed E-state index contributed by atoms with van der Waals surface area (Å²) < 4.78 is 5.41. The van der Waals surface area contributed by atoms with Gasteiger partial charge in [0.15, 0.2) is 0 Å². The minimum atomic E-state index is -0.547. The minimum Gasteiger partial charge on any atom is -0.444 e. The molecule has 1 aromatic heterocycles. The number of nitrogens with zero attached hydrogens (tertiary/aromatic N) is 3. The molecule has 1 unspecified atom stereocenters. The molecule has 1 aliphatic rings. The SMILES string of the molecule is C[C@@H]1c2cccnc2C(C#N)CN1C(=O)OC(C)(C)C. The number of hydrogen-bond donors (Lipinski definition) is 0. The van der Waals surface area contributed by atoms with Crippen molar-refractivity contribution in [3.8, 4) is 6.07 Å². The second-order valence-electron chi connectivity index (χ2n) is 5.97. The summed E-state index contributed by atoms with van der Waals surface area (Å²) in [6, 6.07) is 5.81. The summed E-state index contributed by atoms with van der Waals surface area (Å²) >= 11 is 0. The zero-order chi connectivity index (χ0) is 14.9. The summed E-state index contributed by atoms with van der Waals surface area (Å²) in [5, 5.41) is 9.29. The van der Waals surface area contributed by atoms with Gasteiger partial charge in [-0.3, -0.25) is 9.88 Å². The molecule has 0 radical (unpaired) electrons. The van der Waals surface area contributed by atoms with Gasteiger partial charge in [-0.05, 0) is 39.3 Å². The topological polar surface area (TPSA) is 66.2 Å². The molecule has 2 heterocycles. The van der Waals surface area contributed by atoms with E-state index in [-0.39, 0.29) is 12.1 Å². The molecular weight excluding hydrogens is 254 g/mol. The van der Waals surface area contributed by atoms with Crippen molar-refractivity contribution in [1.82, 2.24) is 9.88 Å². The molecule has 0 saturated carbocycles. The summed E-state index contributed by atoms with van der Waals surface area (Å²) in [7, 11) is 0. The van der Waals surface area contributed by atoms with Crippen LogP contribution in [0.25, 0.3) is 0 Å². The van der Waals surface area contributed by atoms with Crippen LogP contribution in [0.4, 0.5) is 4.79 Å². The minimum absolute atomic E-state index is 0.141. The van der Waals surface area contributed by atoms with Crippen molar-refractivity contribution in [1.29, 1.82) is 5.26 Å². The lowest BCUT2D eigenvalue weighted by molar-refractivity contribution is 0.0148. The lowest BCUT2D eigenvalue weighted by Gasteiger charge is -2.37. The van der Waals surface area contributed by atoms with E-state index >= 15 is 0 Å². The van der Waals surface area contributed by atoms with Crippen LogP contribution in [-0.4, -0.2) is 28.1 Å². The summed E-state index contributed by atoms with van der Waals surface area (Å²) in [5.74, 6) is -0.407. The standard InChI is InChI=1S/C15H19N3O2/c1-10-12-6-5-7-17-13(12)11(8-16)9-18(10)14(19)20-15(2,3)4/h5-7,10-11H,9H2,1-4H3/t10-,11?/m1/s1. The van der Waals surface area contributed by atoms with Gasteiger partial charge < -0.3 is 4.74 Å². The predicted molar refractivity (Wildman–Crippen MR) is 73.9 cm³/mol. The lowest BCUT2D eigenvalue weighted by Crippen LogP contribution is -2.43. The Labute approximate surface area is 119 Å². The molecule has 0 spiro atoms. The van der Waals surface area contributed by atoms with Crippen molar-refractivity contribution >= 4 is 6.09 Å². The number of nitriles is 1. The van der Waals surface area contributed by atoms with E-state index in [9.17, 15) is 10.1 Å². The molecule has 0 fully saturated rings. The molecule has 5 nitrogen and oxygen atoms in total. The number of carbonyl (C=O) groups is 1. The predicted octanol–water partition coefficient (Wildman–Crippen LogP) is 3.00. The maximum atomic E-state index is 12.3. The summed E-state index contributed by atoms with van der Waals surface area (Å²) in [6.07, 6.45) is 1.29. The molecule has 1 amide bonds. The number of pyridine rings is 1. The van der Waals surface area contributed by atoms with Crippen molar-refractivity contribution in [3.63, 3.8) is 0 Å². The molecule has 1 aliphatic heterocycles. The third kappa shape index (κ3) is 2.74. The van der Waals surface area contributed by atoms with Crippen molar-refractivity contribution in [2.75, 3.05) is 6.54 Å². The number of aromatic nitrogens is 1. The van der Waals surface area contributed by atoms with Gasteiger partial charge in [0.1, 0.15) is 11.5 Å². The van der Waals surface area contributed by atoms with E-state index in [1.807, 2.05) is 39.8 Å². The van der Waals surface area contributed by atoms with E-state index in [4.69, 9.17) is 4.74 Å². The molecule has 0 aromatic carbocycles. The Bertz CT molecular complexity index is 557. The molecule has 106 valence electrons.